The molecule has 2 aromatic rings. The number of hydrogen-bond donors (Lipinski definition) is 1. The van der Waals surface area contributed by atoms with Crippen molar-refractivity contribution in [3.8, 4) is 0 Å². The fourth-order valence-corrected chi connectivity index (χ4v) is 3.61. The molecule has 1 unspecified atom stereocenters. The van der Waals surface area contributed by atoms with Gasteiger partial charge in [-0.15, -0.1) is 10.2 Å². The molecular formula is C17H18ClN5O2. The molecule has 7 nitrogen and oxygen atoms in total. The van der Waals surface area contributed by atoms with Gasteiger partial charge in [0.1, 0.15) is 5.82 Å². The number of nitrogens with zero attached hydrogens (tertiary/aromatic N) is 4. The van der Waals surface area contributed by atoms with Gasteiger partial charge in [-0.05, 0) is 24.6 Å². The summed E-state index contributed by atoms with van der Waals surface area (Å²) < 4.78 is 2.05. The highest BCUT2D eigenvalue weighted by Gasteiger charge is 2.35. The molecule has 0 radical (unpaired) electrons. The summed E-state index contributed by atoms with van der Waals surface area (Å²) in [7, 11) is 0. The van der Waals surface area contributed by atoms with E-state index in [1.807, 2.05) is 6.07 Å². The van der Waals surface area contributed by atoms with Crippen LogP contribution in [0, 0.1) is 5.92 Å². The van der Waals surface area contributed by atoms with Gasteiger partial charge in [0.2, 0.25) is 11.8 Å². The first kappa shape index (κ1) is 16.1. The summed E-state index contributed by atoms with van der Waals surface area (Å²) in [6, 6.07) is 7.11. The minimum absolute atomic E-state index is 0.0641. The fraction of sp³-hybridized carbons (Fsp3) is 0.412. The summed E-state index contributed by atoms with van der Waals surface area (Å²) in [5.74, 6) is 1.19. The molecule has 0 aliphatic carbocycles. The lowest BCUT2D eigenvalue weighted by molar-refractivity contribution is -0.126. The first-order chi connectivity index (χ1) is 12.1. The van der Waals surface area contributed by atoms with E-state index in [1.54, 1.807) is 23.1 Å². The van der Waals surface area contributed by atoms with Gasteiger partial charge in [-0.3, -0.25) is 9.59 Å². The zero-order valence-corrected chi connectivity index (χ0v) is 14.4. The molecule has 0 saturated carbocycles. The van der Waals surface area contributed by atoms with E-state index in [9.17, 15) is 9.59 Å². The molecule has 1 fully saturated rings. The quantitative estimate of drug-likeness (QED) is 0.898. The van der Waals surface area contributed by atoms with Gasteiger partial charge in [0.15, 0.2) is 5.82 Å². The second-order valence-corrected chi connectivity index (χ2v) is 6.83. The first-order valence-corrected chi connectivity index (χ1v) is 8.74. The summed E-state index contributed by atoms with van der Waals surface area (Å²) in [6.45, 7) is 1.61. The molecular weight excluding hydrogens is 342 g/mol. The van der Waals surface area contributed by atoms with Crippen LogP contribution in [0.2, 0.25) is 5.02 Å². The van der Waals surface area contributed by atoms with Gasteiger partial charge in [-0.1, -0.05) is 17.7 Å². The number of hydrogen-bond acceptors (Lipinski definition) is 4. The maximum Gasteiger partial charge on any atom is 0.227 e. The maximum atomic E-state index is 12.5. The van der Waals surface area contributed by atoms with Crippen molar-refractivity contribution < 1.29 is 9.59 Å². The smallest absolute Gasteiger partial charge is 0.227 e. The van der Waals surface area contributed by atoms with Crippen molar-refractivity contribution in [2.24, 2.45) is 5.92 Å². The lowest BCUT2D eigenvalue weighted by atomic mass is 10.1. The molecule has 1 N–H and O–H groups in total. The topological polar surface area (TPSA) is 80.1 Å². The van der Waals surface area contributed by atoms with Gasteiger partial charge in [0.05, 0.1) is 12.5 Å². The average molecular weight is 360 g/mol. The second kappa shape index (κ2) is 6.48. The Morgan fingerprint density at radius 1 is 1.36 bits per heavy atom. The van der Waals surface area contributed by atoms with Gasteiger partial charge in [-0.25, -0.2) is 0 Å². The third-order valence-corrected chi connectivity index (χ3v) is 4.96. The Bertz CT molecular complexity index is 834. The summed E-state index contributed by atoms with van der Waals surface area (Å²) >= 11 is 5.99. The summed E-state index contributed by atoms with van der Waals surface area (Å²) in [4.78, 5) is 26.3. The molecule has 1 saturated heterocycles. The van der Waals surface area contributed by atoms with Crippen LogP contribution < -0.4 is 10.2 Å². The van der Waals surface area contributed by atoms with Crippen LogP contribution in [0.25, 0.3) is 0 Å². The molecule has 1 aromatic heterocycles. The predicted octanol–water partition coefficient (Wildman–Crippen LogP) is 1.55. The maximum absolute atomic E-state index is 12.5. The Morgan fingerprint density at radius 3 is 3.08 bits per heavy atom. The standard InChI is InChI=1S/C17H18ClN5O2/c18-12-3-1-4-13(8-12)23-10-11(7-16(23)24)17(25)19-9-15-21-20-14-5-2-6-22(14)15/h1,3-4,8,11H,2,5-7,9-10H2,(H,19,25). The van der Waals surface area contributed by atoms with Crippen molar-refractivity contribution in [1.82, 2.24) is 20.1 Å². The van der Waals surface area contributed by atoms with Crippen LogP contribution >= 0.6 is 11.6 Å². The molecule has 8 heteroatoms. The fourth-order valence-electron chi connectivity index (χ4n) is 3.43. The minimum Gasteiger partial charge on any atom is -0.348 e. The number of carbonyl (C=O) groups is 2. The molecule has 0 spiro atoms. The Hall–Kier alpha value is -2.41. The average Bonchev–Trinajstić information content (AvgIpc) is 3.28. The number of carbonyl (C=O) groups excluding carboxylic acids is 2. The van der Waals surface area contributed by atoms with E-state index in [0.29, 0.717) is 18.1 Å². The number of nitrogens with one attached hydrogen (secondary N) is 1. The molecule has 2 aliphatic heterocycles. The Kier molecular flexibility index (Phi) is 4.17. The van der Waals surface area contributed by atoms with E-state index in [1.165, 1.54) is 0 Å². The second-order valence-electron chi connectivity index (χ2n) is 6.39. The van der Waals surface area contributed by atoms with E-state index in [2.05, 4.69) is 20.1 Å². The van der Waals surface area contributed by atoms with E-state index < -0.39 is 0 Å². The Balaban J connectivity index is 1.39. The molecule has 1 aromatic carbocycles. The monoisotopic (exact) mass is 359 g/mol. The van der Waals surface area contributed by atoms with Gasteiger partial charge >= 0.3 is 0 Å². The van der Waals surface area contributed by atoms with Crippen LogP contribution in [0.3, 0.4) is 0 Å². The summed E-state index contributed by atoms with van der Waals surface area (Å²) in [5, 5.41) is 11.7. The molecule has 130 valence electrons. The molecule has 4 rings (SSSR count). The third-order valence-electron chi connectivity index (χ3n) is 4.72. The highest BCUT2D eigenvalue weighted by atomic mass is 35.5. The van der Waals surface area contributed by atoms with Crippen LogP contribution in [0.15, 0.2) is 24.3 Å². The first-order valence-electron chi connectivity index (χ1n) is 8.36. The number of fused-ring (bicyclic) bond motifs is 1. The highest BCUT2D eigenvalue weighted by molar-refractivity contribution is 6.30. The number of aryl methyl sites for hydroxylation is 1. The zero-order valence-electron chi connectivity index (χ0n) is 13.6. The normalized spacial score (nSPS) is 19.3. The lowest BCUT2D eigenvalue weighted by Gasteiger charge is -2.17. The van der Waals surface area contributed by atoms with E-state index >= 15 is 0 Å². The lowest BCUT2D eigenvalue weighted by Crippen LogP contribution is -2.33. The minimum atomic E-state index is -0.368. The summed E-state index contributed by atoms with van der Waals surface area (Å²) in [5.41, 5.74) is 0.725. The largest absolute Gasteiger partial charge is 0.348 e. The number of amides is 2. The highest BCUT2D eigenvalue weighted by Crippen LogP contribution is 2.27. The predicted molar refractivity (Wildman–Crippen MR) is 92.1 cm³/mol. The summed E-state index contributed by atoms with van der Waals surface area (Å²) in [6.07, 6.45) is 2.21. The van der Waals surface area contributed by atoms with Gasteiger partial charge in [0.25, 0.3) is 0 Å². The van der Waals surface area contributed by atoms with Crippen molar-refractivity contribution >= 4 is 29.1 Å². The number of aromatic nitrogens is 3. The molecule has 25 heavy (non-hydrogen) atoms. The van der Waals surface area contributed by atoms with Crippen molar-refractivity contribution in [2.45, 2.75) is 32.4 Å². The van der Waals surface area contributed by atoms with Crippen molar-refractivity contribution in [3.63, 3.8) is 0 Å². The van der Waals surface area contributed by atoms with Crippen molar-refractivity contribution in [2.75, 3.05) is 11.4 Å². The van der Waals surface area contributed by atoms with Crippen LogP contribution in [0.4, 0.5) is 5.69 Å². The van der Waals surface area contributed by atoms with Crippen LogP contribution in [0.5, 0.6) is 0 Å². The van der Waals surface area contributed by atoms with Gasteiger partial charge < -0.3 is 14.8 Å². The number of halogens is 1. The molecule has 2 aliphatic rings. The Morgan fingerprint density at radius 2 is 2.24 bits per heavy atom. The van der Waals surface area contributed by atoms with Gasteiger partial charge in [0, 0.05) is 36.6 Å². The van der Waals surface area contributed by atoms with Crippen molar-refractivity contribution in [1.29, 1.82) is 0 Å². The molecule has 0 bridgehead atoms. The SMILES string of the molecule is O=C(NCc1nnc2n1CCC2)C1CC(=O)N(c2cccc(Cl)c2)C1. The zero-order chi connectivity index (χ0) is 17.4. The van der Waals surface area contributed by atoms with E-state index in [-0.39, 0.29) is 24.2 Å². The van der Waals surface area contributed by atoms with E-state index in [4.69, 9.17) is 11.6 Å². The Labute approximate surface area is 150 Å². The number of rotatable bonds is 4. The van der Waals surface area contributed by atoms with Crippen LogP contribution in [0.1, 0.15) is 24.5 Å². The number of benzene rings is 1. The molecule has 3 heterocycles. The molecule has 2 amide bonds. The molecule has 1 atom stereocenters. The third kappa shape index (κ3) is 3.11. The van der Waals surface area contributed by atoms with Crippen LogP contribution in [-0.4, -0.2) is 33.1 Å². The van der Waals surface area contributed by atoms with E-state index in [0.717, 1.165) is 36.7 Å². The van der Waals surface area contributed by atoms with Crippen LogP contribution in [-0.2, 0) is 29.1 Å². The van der Waals surface area contributed by atoms with Crippen molar-refractivity contribution in [3.05, 3.63) is 40.9 Å². The van der Waals surface area contributed by atoms with Gasteiger partial charge in [-0.2, -0.15) is 0 Å². The number of anilines is 1.